The van der Waals surface area contributed by atoms with Crippen LogP contribution in [0.5, 0.6) is 5.75 Å². The van der Waals surface area contributed by atoms with Crippen LogP contribution < -0.4 is 10.5 Å². The molecule has 0 bridgehead atoms. The molecule has 22 heavy (non-hydrogen) atoms. The number of anilines is 1. The van der Waals surface area contributed by atoms with Gasteiger partial charge in [-0.15, -0.1) is 14.7 Å². The lowest BCUT2D eigenvalue weighted by Gasteiger charge is -2.13. The van der Waals surface area contributed by atoms with Crippen LogP contribution in [0, 0.1) is 28.6 Å². The molecule has 10 nitrogen and oxygen atoms in total. The summed E-state index contributed by atoms with van der Waals surface area (Å²) < 4.78 is 6.32. The third kappa shape index (κ3) is 2.53. The molecule has 1 heterocycles. The fourth-order valence-corrected chi connectivity index (χ4v) is 1.76. The van der Waals surface area contributed by atoms with Crippen LogP contribution in [-0.2, 0) is 0 Å². The first-order chi connectivity index (χ1) is 10.5. The molecule has 0 atom stereocenters. The first kappa shape index (κ1) is 15.2. The molecule has 2 rings (SSSR count). The molecule has 10 heteroatoms. The lowest BCUT2D eigenvalue weighted by molar-refractivity contribution is 0.0925. The number of nitrogens with zero attached hydrogens (tertiary/aromatic N) is 5. The monoisotopic (exact) mass is 304 g/mol. The highest BCUT2D eigenvalue weighted by atomic mass is 16.6. The summed E-state index contributed by atoms with van der Waals surface area (Å²) in [6.07, 6.45) is 0. The maximum Gasteiger partial charge on any atom is 0.512 e. The van der Waals surface area contributed by atoms with Crippen molar-refractivity contribution in [3.8, 4) is 11.4 Å². The quantitative estimate of drug-likeness (QED) is 0.812. The minimum atomic E-state index is -2.89. The van der Waals surface area contributed by atoms with E-state index in [9.17, 15) is 14.7 Å². The fraction of sp³-hybridized carbons (Fsp3) is 0.250. The summed E-state index contributed by atoms with van der Waals surface area (Å²) in [4.78, 5) is 31.7. The number of nitrogens with two attached hydrogens (primary N) is 1. The molecule has 0 saturated carbocycles. The molecule has 0 aliphatic carbocycles. The summed E-state index contributed by atoms with van der Waals surface area (Å²) in [5.41, 5.74) is 8.01. The SMILES string of the molecule is Cc1nn(-c2cccc(OC(N=O)(N=O)N=O)c2)c(N)c1C. The van der Waals surface area contributed by atoms with Gasteiger partial charge in [0.25, 0.3) is 0 Å². The zero-order chi connectivity index (χ0) is 16.3. The van der Waals surface area contributed by atoms with Gasteiger partial charge < -0.3 is 10.5 Å². The maximum atomic E-state index is 10.6. The van der Waals surface area contributed by atoms with Gasteiger partial charge in [-0.05, 0) is 26.0 Å². The van der Waals surface area contributed by atoms with Crippen LogP contribution in [0.4, 0.5) is 5.82 Å². The first-order valence-corrected chi connectivity index (χ1v) is 6.11. The fourth-order valence-electron chi connectivity index (χ4n) is 1.76. The number of aromatic nitrogens is 2. The van der Waals surface area contributed by atoms with E-state index in [1.807, 2.05) is 6.92 Å². The van der Waals surface area contributed by atoms with Crippen LogP contribution in [0.1, 0.15) is 11.3 Å². The van der Waals surface area contributed by atoms with Crippen LogP contribution in [-0.4, -0.2) is 15.8 Å². The number of rotatable bonds is 6. The Morgan fingerprint density at radius 2 is 1.82 bits per heavy atom. The highest BCUT2D eigenvalue weighted by Gasteiger charge is 2.38. The zero-order valence-electron chi connectivity index (χ0n) is 11.8. The Kier molecular flexibility index (Phi) is 3.93. The topological polar surface area (TPSA) is 141 Å². The minimum absolute atomic E-state index is 0.0125. The number of benzene rings is 1. The van der Waals surface area contributed by atoms with Crippen molar-refractivity contribution in [3.05, 3.63) is 50.2 Å². The number of nitroso groups, excluding NO2 is 3. The molecule has 0 aliphatic rings. The average Bonchev–Trinajstić information content (AvgIpc) is 2.80. The molecular weight excluding hydrogens is 292 g/mol. The van der Waals surface area contributed by atoms with Crippen molar-refractivity contribution in [3.63, 3.8) is 0 Å². The van der Waals surface area contributed by atoms with Gasteiger partial charge in [0.2, 0.25) is 0 Å². The molecule has 114 valence electrons. The molecule has 0 saturated heterocycles. The van der Waals surface area contributed by atoms with Crippen molar-refractivity contribution in [2.24, 2.45) is 15.5 Å². The summed E-state index contributed by atoms with van der Waals surface area (Å²) in [6.45, 7) is 3.62. The van der Waals surface area contributed by atoms with Crippen LogP contribution in [0.2, 0.25) is 0 Å². The minimum Gasteiger partial charge on any atom is -0.423 e. The van der Waals surface area contributed by atoms with Gasteiger partial charge >= 0.3 is 5.97 Å². The lowest BCUT2D eigenvalue weighted by Crippen LogP contribution is -2.27. The second-order valence-corrected chi connectivity index (χ2v) is 4.45. The molecule has 0 spiro atoms. The molecule has 2 aromatic rings. The summed E-state index contributed by atoms with van der Waals surface area (Å²) in [5.74, 6) is -2.47. The predicted octanol–water partition coefficient (Wildman–Crippen LogP) is 2.36. The predicted molar refractivity (Wildman–Crippen MR) is 78.2 cm³/mol. The van der Waals surface area contributed by atoms with Gasteiger partial charge in [0, 0.05) is 27.2 Å². The maximum absolute atomic E-state index is 10.6. The normalized spacial score (nSPS) is 11.0. The Balaban J connectivity index is 2.42. The highest BCUT2D eigenvalue weighted by molar-refractivity contribution is 5.50. The van der Waals surface area contributed by atoms with Crippen LogP contribution >= 0.6 is 0 Å². The van der Waals surface area contributed by atoms with Gasteiger partial charge in [0.05, 0.1) is 11.4 Å². The summed E-state index contributed by atoms with van der Waals surface area (Å²) >= 11 is 0. The number of nitrogen functional groups attached to an aromatic ring is 1. The van der Waals surface area contributed by atoms with Gasteiger partial charge in [-0.3, -0.25) is 0 Å². The van der Waals surface area contributed by atoms with Crippen LogP contribution in [0.25, 0.3) is 5.69 Å². The first-order valence-electron chi connectivity index (χ1n) is 6.11. The molecular formula is C12H12N6O4. The number of ether oxygens (including phenoxy) is 1. The van der Waals surface area contributed by atoms with Gasteiger partial charge in [-0.25, -0.2) is 4.68 Å². The number of hydrogen-bond acceptors (Lipinski definition) is 9. The summed E-state index contributed by atoms with van der Waals surface area (Å²) in [6, 6.07) is 6.05. The Hall–Kier alpha value is -3.17. The number of aryl methyl sites for hydroxylation is 1. The molecule has 1 aromatic heterocycles. The molecule has 2 N–H and O–H groups in total. The molecule has 0 amide bonds. The second kappa shape index (κ2) is 5.68. The van der Waals surface area contributed by atoms with Crippen LogP contribution in [0.3, 0.4) is 0 Å². The van der Waals surface area contributed by atoms with Gasteiger partial charge in [0.1, 0.15) is 11.6 Å². The Labute approximate surface area is 124 Å². The summed E-state index contributed by atoms with van der Waals surface area (Å²) in [5, 5.41) is 10.9. The second-order valence-electron chi connectivity index (χ2n) is 4.45. The van der Waals surface area contributed by atoms with E-state index in [2.05, 4.69) is 20.6 Å². The van der Waals surface area contributed by atoms with E-state index < -0.39 is 5.97 Å². The van der Waals surface area contributed by atoms with E-state index in [-0.39, 0.29) is 5.75 Å². The standard InChI is InChI=1S/C12H12N6O4/c1-7-8(2)14-18(11(7)13)9-4-3-5-10(6-9)22-12(15-19,16-20)17-21/h3-6H,13H2,1-2H3. The van der Waals surface area contributed by atoms with E-state index in [1.54, 1.807) is 19.1 Å². The van der Waals surface area contributed by atoms with Crippen molar-refractivity contribution >= 4 is 5.82 Å². The van der Waals surface area contributed by atoms with Crippen molar-refractivity contribution in [1.82, 2.24) is 9.78 Å². The largest absolute Gasteiger partial charge is 0.512 e. The third-order valence-electron chi connectivity index (χ3n) is 3.08. The lowest BCUT2D eigenvalue weighted by atomic mass is 10.2. The third-order valence-corrected chi connectivity index (χ3v) is 3.08. The van der Waals surface area contributed by atoms with Crippen molar-refractivity contribution in [1.29, 1.82) is 0 Å². The molecule has 0 fully saturated rings. The molecule has 0 radical (unpaired) electrons. The Bertz CT molecular complexity index is 719. The van der Waals surface area contributed by atoms with E-state index in [0.29, 0.717) is 11.5 Å². The smallest absolute Gasteiger partial charge is 0.423 e. The zero-order valence-corrected chi connectivity index (χ0v) is 11.8. The van der Waals surface area contributed by atoms with Gasteiger partial charge in [-0.1, -0.05) is 6.07 Å². The van der Waals surface area contributed by atoms with Gasteiger partial charge in [0.15, 0.2) is 0 Å². The van der Waals surface area contributed by atoms with E-state index in [4.69, 9.17) is 10.5 Å². The van der Waals surface area contributed by atoms with Crippen LogP contribution in [0.15, 0.2) is 39.8 Å². The molecule has 0 unspecified atom stereocenters. The number of hydrogen-bond donors (Lipinski definition) is 1. The molecule has 0 aliphatic heterocycles. The average molecular weight is 304 g/mol. The van der Waals surface area contributed by atoms with Crippen molar-refractivity contribution in [2.45, 2.75) is 19.8 Å². The van der Waals surface area contributed by atoms with Crippen molar-refractivity contribution in [2.75, 3.05) is 5.73 Å². The van der Waals surface area contributed by atoms with E-state index in [0.717, 1.165) is 11.3 Å². The van der Waals surface area contributed by atoms with Gasteiger partial charge in [-0.2, -0.15) is 5.10 Å². The Morgan fingerprint density at radius 1 is 1.18 bits per heavy atom. The van der Waals surface area contributed by atoms with Crippen molar-refractivity contribution < 1.29 is 4.74 Å². The molecule has 1 aromatic carbocycles. The van der Waals surface area contributed by atoms with E-state index >= 15 is 0 Å². The van der Waals surface area contributed by atoms with E-state index in [1.165, 1.54) is 16.8 Å². The Morgan fingerprint density at radius 3 is 2.32 bits per heavy atom. The highest BCUT2D eigenvalue weighted by Crippen LogP contribution is 2.26. The summed E-state index contributed by atoms with van der Waals surface area (Å²) in [7, 11) is 0.